The highest BCUT2D eigenvalue weighted by Crippen LogP contribution is 2.24. The smallest absolute Gasteiger partial charge is 0.320 e. The maximum Gasteiger partial charge on any atom is 0.320 e. The van der Waals surface area contributed by atoms with E-state index in [0.717, 1.165) is 5.75 Å². The van der Waals surface area contributed by atoms with Gasteiger partial charge in [0, 0.05) is 34.2 Å². The van der Waals surface area contributed by atoms with E-state index in [1.165, 1.54) is 4.90 Å². The molecule has 1 saturated heterocycles. The van der Waals surface area contributed by atoms with Crippen molar-refractivity contribution >= 4 is 11.9 Å². The van der Waals surface area contributed by atoms with Gasteiger partial charge in [0.15, 0.2) is 0 Å². The molecule has 7 nitrogen and oxygen atoms in total. The summed E-state index contributed by atoms with van der Waals surface area (Å²) in [4.78, 5) is 27.8. The van der Waals surface area contributed by atoms with E-state index in [2.05, 4.69) is 5.32 Å². The summed E-state index contributed by atoms with van der Waals surface area (Å²) >= 11 is 0. The van der Waals surface area contributed by atoms with Gasteiger partial charge in [-0.1, -0.05) is 18.2 Å². The molecule has 1 aromatic rings. The molecule has 0 aromatic heterocycles. The fourth-order valence-electron chi connectivity index (χ4n) is 2.69. The molecular weight excluding hydrogens is 310 g/mol. The third-order valence-corrected chi connectivity index (χ3v) is 3.85. The van der Waals surface area contributed by atoms with Crippen molar-refractivity contribution in [3.05, 3.63) is 30.3 Å². The van der Waals surface area contributed by atoms with Gasteiger partial charge in [-0.2, -0.15) is 0 Å². The molecule has 7 heteroatoms. The van der Waals surface area contributed by atoms with E-state index in [1.807, 2.05) is 30.3 Å². The standard InChI is InChI=1S/C17H25N3O4/c1-19(2)17(22)20-12-14(24-13-7-5-4-6-8-13)11-15(20)16(21)18-9-10-23-3/h4-8,14-15H,9-12H2,1-3H3,(H,18,21)/t14-,15-/m0/s1. The predicted molar refractivity (Wildman–Crippen MR) is 89.9 cm³/mol. The Morgan fingerprint density at radius 3 is 2.62 bits per heavy atom. The molecule has 1 fully saturated rings. The number of amides is 3. The Kier molecular flexibility index (Phi) is 6.43. The number of carbonyl (C=O) groups excluding carboxylic acids is 2. The van der Waals surface area contributed by atoms with Crippen molar-refractivity contribution in [1.82, 2.24) is 15.1 Å². The minimum Gasteiger partial charge on any atom is -0.488 e. The number of benzene rings is 1. The van der Waals surface area contributed by atoms with E-state index in [9.17, 15) is 9.59 Å². The number of methoxy groups -OCH3 is 1. The van der Waals surface area contributed by atoms with Crippen LogP contribution in [-0.4, -0.2) is 74.8 Å². The van der Waals surface area contributed by atoms with E-state index in [1.54, 1.807) is 26.1 Å². The summed E-state index contributed by atoms with van der Waals surface area (Å²) in [6, 6.07) is 8.69. The quantitative estimate of drug-likeness (QED) is 0.786. The van der Waals surface area contributed by atoms with E-state index in [4.69, 9.17) is 9.47 Å². The fourth-order valence-corrected chi connectivity index (χ4v) is 2.69. The first kappa shape index (κ1) is 18.1. The third kappa shape index (κ3) is 4.61. The molecule has 24 heavy (non-hydrogen) atoms. The van der Waals surface area contributed by atoms with Crippen molar-refractivity contribution in [2.75, 3.05) is 40.9 Å². The maximum atomic E-state index is 12.4. The highest BCUT2D eigenvalue weighted by atomic mass is 16.5. The Hall–Kier alpha value is -2.28. The first-order chi connectivity index (χ1) is 11.5. The molecule has 132 valence electrons. The summed E-state index contributed by atoms with van der Waals surface area (Å²) in [6.45, 7) is 1.23. The topological polar surface area (TPSA) is 71.1 Å². The van der Waals surface area contributed by atoms with Crippen LogP contribution in [0, 0.1) is 0 Å². The summed E-state index contributed by atoms with van der Waals surface area (Å²) in [7, 11) is 4.93. The number of nitrogens with one attached hydrogen (secondary N) is 1. The number of hydrogen-bond donors (Lipinski definition) is 1. The molecule has 0 spiro atoms. The predicted octanol–water partition coefficient (Wildman–Crippen LogP) is 0.952. The lowest BCUT2D eigenvalue weighted by molar-refractivity contribution is -0.125. The van der Waals surface area contributed by atoms with Gasteiger partial charge < -0.3 is 24.6 Å². The molecular formula is C17H25N3O4. The normalized spacial score (nSPS) is 19.9. The third-order valence-electron chi connectivity index (χ3n) is 3.85. The summed E-state index contributed by atoms with van der Waals surface area (Å²) in [5.41, 5.74) is 0. The van der Waals surface area contributed by atoms with Crippen molar-refractivity contribution in [1.29, 1.82) is 0 Å². The monoisotopic (exact) mass is 335 g/mol. The van der Waals surface area contributed by atoms with Crippen LogP contribution in [-0.2, 0) is 9.53 Å². The van der Waals surface area contributed by atoms with Crippen LogP contribution in [0.3, 0.4) is 0 Å². The minimum absolute atomic E-state index is 0.179. The summed E-state index contributed by atoms with van der Waals surface area (Å²) in [6.07, 6.45) is 0.252. The number of para-hydroxylation sites is 1. The molecule has 0 unspecified atom stereocenters. The number of ether oxygens (including phenoxy) is 2. The first-order valence-electron chi connectivity index (χ1n) is 7.99. The zero-order valence-corrected chi connectivity index (χ0v) is 14.4. The number of rotatable bonds is 6. The molecule has 1 aliphatic rings. The van der Waals surface area contributed by atoms with Gasteiger partial charge >= 0.3 is 6.03 Å². The van der Waals surface area contributed by atoms with Crippen LogP contribution >= 0.6 is 0 Å². The Labute approximate surface area is 142 Å². The van der Waals surface area contributed by atoms with E-state index < -0.39 is 6.04 Å². The van der Waals surface area contributed by atoms with Gasteiger partial charge in [-0.25, -0.2) is 4.79 Å². The number of urea groups is 1. The lowest BCUT2D eigenvalue weighted by Gasteiger charge is -2.26. The highest BCUT2D eigenvalue weighted by Gasteiger charge is 2.41. The van der Waals surface area contributed by atoms with Crippen molar-refractivity contribution < 1.29 is 19.1 Å². The summed E-state index contributed by atoms with van der Waals surface area (Å²) in [5.74, 6) is 0.557. The molecule has 0 saturated carbocycles. The highest BCUT2D eigenvalue weighted by molar-refractivity contribution is 5.87. The number of likely N-dealkylation sites (tertiary alicyclic amines) is 1. The van der Waals surface area contributed by atoms with Crippen LogP contribution < -0.4 is 10.1 Å². The minimum atomic E-state index is -0.537. The molecule has 0 radical (unpaired) electrons. The SMILES string of the molecule is COCCNC(=O)[C@@H]1C[C@H](Oc2ccccc2)CN1C(=O)N(C)C. The lowest BCUT2D eigenvalue weighted by Crippen LogP contribution is -2.49. The van der Waals surface area contributed by atoms with Crippen LogP contribution in [0.4, 0.5) is 4.79 Å². The van der Waals surface area contributed by atoms with Crippen LogP contribution in [0.15, 0.2) is 30.3 Å². The average molecular weight is 335 g/mol. The van der Waals surface area contributed by atoms with Gasteiger partial charge in [0.25, 0.3) is 0 Å². The van der Waals surface area contributed by atoms with Gasteiger partial charge in [-0.05, 0) is 12.1 Å². The van der Waals surface area contributed by atoms with Crippen LogP contribution in [0.2, 0.25) is 0 Å². The van der Waals surface area contributed by atoms with Crippen molar-refractivity contribution in [3.63, 3.8) is 0 Å². The van der Waals surface area contributed by atoms with Crippen LogP contribution in [0.1, 0.15) is 6.42 Å². The number of nitrogens with zero attached hydrogens (tertiary/aromatic N) is 2. The molecule has 0 aliphatic carbocycles. The Balaban J connectivity index is 2.04. The van der Waals surface area contributed by atoms with Gasteiger partial charge in [0.2, 0.25) is 5.91 Å². The van der Waals surface area contributed by atoms with Gasteiger partial charge in [-0.3, -0.25) is 4.79 Å². The van der Waals surface area contributed by atoms with Gasteiger partial charge in [0.05, 0.1) is 13.2 Å². The molecule has 2 atom stereocenters. The molecule has 2 rings (SSSR count). The van der Waals surface area contributed by atoms with Crippen molar-refractivity contribution in [3.8, 4) is 5.75 Å². The average Bonchev–Trinajstić information content (AvgIpc) is 2.99. The van der Waals surface area contributed by atoms with Crippen molar-refractivity contribution in [2.24, 2.45) is 0 Å². The molecule has 0 bridgehead atoms. The van der Waals surface area contributed by atoms with Gasteiger partial charge in [-0.15, -0.1) is 0 Å². The zero-order chi connectivity index (χ0) is 17.5. The summed E-state index contributed by atoms with van der Waals surface area (Å²) < 4.78 is 10.9. The second-order valence-electron chi connectivity index (χ2n) is 5.92. The second-order valence-corrected chi connectivity index (χ2v) is 5.92. The van der Waals surface area contributed by atoms with Crippen LogP contribution in [0.5, 0.6) is 5.75 Å². The molecule has 1 N–H and O–H groups in total. The summed E-state index contributed by atoms with van der Waals surface area (Å²) in [5, 5.41) is 2.80. The Bertz CT molecular complexity index is 550. The Morgan fingerprint density at radius 1 is 1.29 bits per heavy atom. The van der Waals surface area contributed by atoms with Crippen LogP contribution in [0.25, 0.3) is 0 Å². The second kappa shape index (κ2) is 8.54. The zero-order valence-electron chi connectivity index (χ0n) is 14.4. The van der Waals surface area contributed by atoms with Crippen molar-refractivity contribution in [2.45, 2.75) is 18.6 Å². The van der Waals surface area contributed by atoms with E-state index in [0.29, 0.717) is 26.1 Å². The fraction of sp³-hybridized carbons (Fsp3) is 0.529. The largest absolute Gasteiger partial charge is 0.488 e. The molecule has 1 heterocycles. The van der Waals surface area contributed by atoms with Gasteiger partial charge in [0.1, 0.15) is 17.9 Å². The molecule has 1 aliphatic heterocycles. The molecule has 1 aromatic carbocycles. The van der Waals surface area contributed by atoms with E-state index in [-0.39, 0.29) is 18.0 Å². The lowest BCUT2D eigenvalue weighted by atomic mass is 10.2. The number of hydrogen-bond acceptors (Lipinski definition) is 4. The molecule has 3 amide bonds. The van der Waals surface area contributed by atoms with E-state index >= 15 is 0 Å². The first-order valence-corrected chi connectivity index (χ1v) is 7.99. The Morgan fingerprint density at radius 2 is 2.00 bits per heavy atom. The number of carbonyl (C=O) groups is 2. The maximum absolute atomic E-state index is 12.4.